The Labute approximate surface area is 168 Å². The van der Waals surface area contributed by atoms with E-state index in [4.69, 9.17) is 0 Å². The van der Waals surface area contributed by atoms with Crippen LogP contribution in [-0.4, -0.2) is 0 Å². The molecule has 0 atom stereocenters. The monoisotopic (exact) mass is 362 g/mol. The average Bonchev–Trinajstić information content (AvgIpc) is 2.74. The van der Waals surface area contributed by atoms with Gasteiger partial charge >= 0.3 is 0 Å². The van der Waals surface area contributed by atoms with E-state index in [9.17, 15) is 0 Å². The standard InChI is InChI=1S/C28H26/c1-28(2,3)25-17-18-26(27(20-25)22-13-8-5-9-14-22)24-16-10-15-23(19-24)21-11-6-4-7-12-21/h4-20H,1-3H3. The predicted molar refractivity (Wildman–Crippen MR) is 121 cm³/mol. The molecule has 0 amide bonds. The predicted octanol–water partition coefficient (Wildman–Crippen LogP) is 7.99. The fourth-order valence-corrected chi connectivity index (χ4v) is 3.62. The van der Waals surface area contributed by atoms with Crippen molar-refractivity contribution in [2.75, 3.05) is 0 Å². The Kier molecular flexibility index (Phi) is 4.88. The Hall–Kier alpha value is -3.12. The van der Waals surface area contributed by atoms with Crippen LogP contribution in [-0.2, 0) is 5.41 Å². The molecular weight excluding hydrogens is 336 g/mol. The largest absolute Gasteiger partial charge is 0.0622 e. The first-order valence-electron chi connectivity index (χ1n) is 9.88. The third-order valence-corrected chi connectivity index (χ3v) is 5.25. The van der Waals surface area contributed by atoms with Gasteiger partial charge < -0.3 is 0 Å². The highest BCUT2D eigenvalue weighted by Crippen LogP contribution is 2.37. The summed E-state index contributed by atoms with van der Waals surface area (Å²) in [6, 6.07) is 37.1. The van der Waals surface area contributed by atoms with Crippen molar-refractivity contribution in [3.63, 3.8) is 0 Å². The fourth-order valence-electron chi connectivity index (χ4n) is 3.62. The van der Waals surface area contributed by atoms with Crippen LogP contribution >= 0.6 is 0 Å². The van der Waals surface area contributed by atoms with Gasteiger partial charge in [0.1, 0.15) is 0 Å². The van der Waals surface area contributed by atoms with E-state index in [0.29, 0.717) is 0 Å². The second-order valence-corrected chi connectivity index (χ2v) is 8.32. The lowest BCUT2D eigenvalue weighted by atomic mass is 9.83. The van der Waals surface area contributed by atoms with Gasteiger partial charge in [-0.25, -0.2) is 0 Å². The van der Waals surface area contributed by atoms with Crippen LogP contribution in [0.15, 0.2) is 103 Å². The molecule has 138 valence electrons. The summed E-state index contributed by atoms with van der Waals surface area (Å²) in [4.78, 5) is 0. The highest BCUT2D eigenvalue weighted by atomic mass is 14.2. The van der Waals surface area contributed by atoms with Crippen molar-refractivity contribution >= 4 is 0 Å². The normalized spacial score (nSPS) is 11.4. The smallest absolute Gasteiger partial charge is 0.0102 e. The van der Waals surface area contributed by atoms with E-state index < -0.39 is 0 Å². The molecule has 4 rings (SSSR count). The van der Waals surface area contributed by atoms with Crippen LogP contribution in [0.4, 0.5) is 0 Å². The third-order valence-electron chi connectivity index (χ3n) is 5.25. The first kappa shape index (κ1) is 18.3. The Bertz CT molecular complexity index is 1070. The molecule has 0 aromatic heterocycles. The molecule has 0 nitrogen and oxygen atoms in total. The van der Waals surface area contributed by atoms with Crippen LogP contribution in [0, 0.1) is 0 Å². The summed E-state index contributed by atoms with van der Waals surface area (Å²) in [5.41, 5.74) is 9.04. The molecule has 0 aliphatic rings. The first-order valence-corrected chi connectivity index (χ1v) is 9.88. The van der Waals surface area contributed by atoms with Crippen LogP contribution in [0.3, 0.4) is 0 Å². The van der Waals surface area contributed by atoms with Crippen LogP contribution < -0.4 is 0 Å². The number of hydrogen-bond acceptors (Lipinski definition) is 0. The molecule has 4 aromatic rings. The molecule has 0 fully saturated rings. The van der Waals surface area contributed by atoms with E-state index >= 15 is 0 Å². The molecule has 0 saturated carbocycles. The van der Waals surface area contributed by atoms with E-state index in [-0.39, 0.29) is 5.41 Å². The van der Waals surface area contributed by atoms with E-state index in [1.54, 1.807) is 0 Å². The Balaban J connectivity index is 1.88. The van der Waals surface area contributed by atoms with Gasteiger partial charge in [0, 0.05) is 0 Å². The van der Waals surface area contributed by atoms with Gasteiger partial charge in [0.2, 0.25) is 0 Å². The second-order valence-electron chi connectivity index (χ2n) is 8.32. The van der Waals surface area contributed by atoms with E-state index in [2.05, 4.69) is 124 Å². The zero-order chi connectivity index (χ0) is 19.6. The topological polar surface area (TPSA) is 0 Å². The lowest BCUT2D eigenvalue weighted by Gasteiger charge is -2.22. The summed E-state index contributed by atoms with van der Waals surface area (Å²) in [6.45, 7) is 6.81. The molecule has 28 heavy (non-hydrogen) atoms. The van der Waals surface area contributed by atoms with Gasteiger partial charge in [0.25, 0.3) is 0 Å². The summed E-state index contributed by atoms with van der Waals surface area (Å²) < 4.78 is 0. The lowest BCUT2D eigenvalue weighted by Crippen LogP contribution is -2.11. The summed E-state index contributed by atoms with van der Waals surface area (Å²) in [5.74, 6) is 0. The highest BCUT2D eigenvalue weighted by Gasteiger charge is 2.17. The van der Waals surface area contributed by atoms with Crippen LogP contribution in [0.1, 0.15) is 26.3 Å². The SMILES string of the molecule is CC(C)(C)c1ccc(-c2cccc(-c3ccccc3)c2)c(-c2ccccc2)c1. The molecule has 0 N–H and O–H groups in total. The lowest BCUT2D eigenvalue weighted by molar-refractivity contribution is 0.590. The van der Waals surface area contributed by atoms with Crippen molar-refractivity contribution in [3.8, 4) is 33.4 Å². The quantitative estimate of drug-likeness (QED) is 0.346. The third kappa shape index (κ3) is 3.77. The van der Waals surface area contributed by atoms with E-state index in [1.807, 2.05) is 0 Å². The molecular formula is C28H26. The highest BCUT2D eigenvalue weighted by molar-refractivity contribution is 5.86. The fraction of sp³-hybridized carbons (Fsp3) is 0.143. The minimum absolute atomic E-state index is 0.119. The van der Waals surface area contributed by atoms with Gasteiger partial charge in [-0.05, 0) is 50.4 Å². The second kappa shape index (κ2) is 7.48. The minimum atomic E-state index is 0.119. The van der Waals surface area contributed by atoms with Crippen LogP contribution in [0.25, 0.3) is 33.4 Å². The molecule has 0 spiro atoms. The van der Waals surface area contributed by atoms with Crippen molar-refractivity contribution in [2.24, 2.45) is 0 Å². The zero-order valence-corrected chi connectivity index (χ0v) is 16.8. The van der Waals surface area contributed by atoms with Crippen molar-refractivity contribution in [1.29, 1.82) is 0 Å². The summed E-state index contributed by atoms with van der Waals surface area (Å²) >= 11 is 0. The van der Waals surface area contributed by atoms with Crippen molar-refractivity contribution in [1.82, 2.24) is 0 Å². The molecule has 0 heteroatoms. The Morgan fingerprint density at radius 2 is 1.00 bits per heavy atom. The molecule has 4 aromatic carbocycles. The molecule has 0 unspecified atom stereocenters. The van der Waals surface area contributed by atoms with Gasteiger partial charge in [0.05, 0.1) is 0 Å². The van der Waals surface area contributed by atoms with Crippen molar-refractivity contribution < 1.29 is 0 Å². The molecule has 0 radical (unpaired) electrons. The maximum Gasteiger partial charge on any atom is -0.0102 e. The molecule has 0 bridgehead atoms. The van der Waals surface area contributed by atoms with Crippen molar-refractivity contribution in [3.05, 3.63) is 109 Å². The molecule has 0 heterocycles. The van der Waals surface area contributed by atoms with Crippen LogP contribution in [0.2, 0.25) is 0 Å². The summed E-state index contributed by atoms with van der Waals surface area (Å²) in [6.07, 6.45) is 0. The van der Waals surface area contributed by atoms with Gasteiger partial charge in [0.15, 0.2) is 0 Å². The van der Waals surface area contributed by atoms with Gasteiger partial charge in [-0.2, -0.15) is 0 Å². The van der Waals surface area contributed by atoms with E-state index in [1.165, 1.54) is 38.9 Å². The number of hydrogen-bond donors (Lipinski definition) is 0. The van der Waals surface area contributed by atoms with Crippen LogP contribution in [0.5, 0.6) is 0 Å². The minimum Gasteiger partial charge on any atom is -0.0622 e. The molecule has 0 saturated heterocycles. The maximum absolute atomic E-state index is 2.36. The molecule has 0 aliphatic heterocycles. The first-order chi connectivity index (χ1) is 13.5. The average molecular weight is 363 g/mol. The van der Waals surface area contributed by atoms with E-state index in [0.717, 1.165) is 0 Å². The Morgan fingerprint density at radius 1 is 0.429 bits per heavy atom. The van der Waals surface area contributed by atoms with Gasteiger partial charge in [-0.3, -0.25) is 0 Å². The van der Waals surface area contributed by atoms with Gasteiger partial charge in [-0.1, -0.05) is 118 Å². The maximum atomic E-state index is 2.36. The summed E-state index contributed by atoms with van der Waals surface area (Å²) in [7, 11) is 0. The Morgan fingerprint density at radius 3 is 1.64 bits per heavy atom. The van der Waals surface area contributed by atoms with Gasteiger partial charge in [-0.15, -0.1) is 0 Å². The summed E-state index contributed by atoms with van der Waals surface area (Å²) in [5, 5.41) is 0. The number of rotatable bonds is 3. The van der Waals surface area contributed by atoms with Crippen molar-refractivity contribution in [2.45, 2.75) is 26.2 Å². The zero-order valence-electron chi connectivity index (χ0n) is 16.8. The number of benzene rings is 4. The molecule has 0 aliphatic carbocycles.